The molecule has 1 aromatic carbocycles. The minimum absolute atomic E-state index is 0.337. The van der Waals surface area contributed by atoms with Crippen molar-refractivity contribution in [3.63, 3.8) is 0 Å². The molecule has 2 fully saturated rings. The van der Waals surface area contributed by atoms with Crippen LogP contribution in [-0.4, -0.2) is 36.5 Å². The van der Waals surface area contributed by atoms with Crippen LogP contribution in [0.1, 0.15) is 12.8 Å². The molecule has 3 rings (SSSR count). The summed E-state index contributed by atoms with van der Waals surface area (Å²) < 4.78 is 1.11. The molecular weight excluding hydrogens is 280 g/mol. The highest BCUT2D eigenvalue weighted by Crippen LogP contribution is 2.27. The molecule has 0 N–H and O–H groups in total. The Bertz CT molecular complexity index is 449. The molecule has 4 heteroatoms. The number of rotatable bonds is 1. The lowest BCUT2D eigenvalue weighted by molar-refractivity contribution is -0.129. The van der Waals surface area contributed by atoms with Crippen molar-refractivity contribution in [1.29, 1.82) is 0 Å². The Hall–Kier alpha value is -1.03. The Labute approximate surface area is 110 Å². The summed E-state index contributed by atoms with van der Waals surface area (Å²) in [7, 11) is 0. The lowest BCUT2D eigenvalue weighted by Gasteiger charge is -2.38. The van der Waals surface area contributed by atoms with Crippen molar-refractivity contribution in [3.8, 4) is 0 Å². The van der Waals surface area contributed by atoms with Crippen LogP contribution in [0.15, 0.2) is 28.7 Å². The van der Waals surface area contributed by atoms with Gasteiger partial charge in [0.15, 0.2) is 0 Å². The Morgan fingerprint density at radius 2 is 2.18 bits per heavy atom. The van der Waals surface area contributed by atoms with Crippen molar-refractivity contribution in [1.82, 2.24) is 4.90 Å². The van der Waals surface area contributed by atoms with Crippen LogP contribution in [0.4, 0.5) is 5.69 Å². The number of amides is 1. The number of carbonyl (C=O) groups is 1. The maximum Gasteiger partial charge on any atom is 0.223 e. The van der Waals surface area contributed by atoms with Crippen molar-refractivity contribution in [3.05, 3.63) is 28.7 Å². The fourth-order valence-corrected chi connectivity index (χ4v) is 3.16. The highest BCUT2D eigenvalue weighted by molar-refractivity contribution is 9.10. The Morgan fingerprint density at radius 3 is 3.00 bits per heavy atom. The van der Waals surface area contributed by atoms with Crippen LogP contribution < -0.4 is 4.90 Å². The minimum Gasteiger partial charge on any atom is -0.368 e. The van der Waals surface area contributed by atoms with E-state index in [1.165, 1.54) is 5.69 Å². The number of fused-ring (bicyclic) bond motifs is 1. The number of benzene rings is 1. The van der Waals surface area contributed by atoms with E-state index in [2.05, 4.69) is 43.9 Å². The average molecular weight is 295 g/mol. The van der Waals surface area contributed by atoms with Gasteiger partial charge in [-0.25, -0.2) is 0 Å². The zero-order valence-corrected chi connectivity index (χ0v) is 11.2. The van der Waals surface area contributed by atoms with Gasteiger partial charge in [-0.3, -0.25) is 4.79 Å². The first-order valence-corrected chi connectivity index (χ1v) is 6.83. The topological polar surface area (TPSA) is 23.6 Å². The fraction of sp³-hybridized carbons (Fsp3) is 0.462. The molecule has 0 aromatic heterocycles. The first kappa shape index (κ1) is 11.1. The number of halogens is 1. The van der Waals surface area contributed by atoms with Crippen LogP contribution in [0, 0.1) is 0 Å². The quantitative estimate of drug-likeness (QED) is 0.793. The van der Waals surface area contributed by atoms with Crippen molar-refractivity contribution in [2.24, 2.45) is 0 Å². The van der Waals surface area contributed by atoms with E-state index in [4.69, 9.17) is 0 Å². The SMILES string of the molecule is O=C1CCC2CN(c3cccc(Br)c3)CCN12. The van der Waals surface area contributed by atoms with Gasteiger partial charge in [-0.2, -0.15) is 0 Å². The number of carbonyl (C=O) groups excluding carboxylic acids is 1. The maximum absolute atomic E-state index is 11.6. The standard InChI is InChI=1S/C13H15BrN2O/c14-10-2-1-3-11(8-10)15-6-7-16-12(9-15)4-5-13(16)17/h1-3,8,12H,4-7,9H2. The van der Waals surface area contributed by atoms with E-state index in [9.17, 15) is 4.79 Å². The van der Waals surface area contributed by atoms with Crippen molar-refractivity contribution in [2.75, 3.05) is 24.5 Å². The number of hydrogen-bond acceptors (Lipinski definition) is 2. The zero-order chi connectivity index (χ0) is 11.8. The fourth-order valence-electron chi connectivity index (χ4n) is 2.77. The van der Waals surface area contributed by atoms with E-state index in [0.29, 0.717) is 11.9 Å². The van der Waals surface area contributed by atoms with E-state index in [1.54, 1.807) is 0 Å². The monoisotopic (exact) mass is 294 g/mol. The molecule has 2 saturated heterocycles. The van der Waals surface area contributed by atoms with Gasteiger partial charge in [0.1, 0.15) is 0 Å². The Kier molecular flexibility index (Phi) is 2.82. The lowest BCUT2D eigenvalue weighted by atomic mass is 10.1. The lowest BCUT2D eigenvalue weighted by Crippen LogP contribution is -2.51. The average Bonchev–Trinajstić information content (AvgIpc) is 2.71. The third-order valence-corrected chi connectivity index (χ3v) is 4.16. The van der Waals surface area contributed by atoms with Crippen LogP contribution in [-0.2, 0) is 4.79 Å². The Balaban J connectivity index is 1.77. The summed E-state index contributed by atoms with van der Waals surface area (Å²) in [5.74, 6) is 0.337. The summed E-state index contributed by atoms with van der Waals surface area (Å²) in [6.45, 7) is 2.79. The third kappa shape index (κ3) is 2.06. The van der Waals surface area contributed by atoms with Gasteiger partial charge in [0.25, 0.3) is 0 Å². The highest BCUT2D eigenvalue weighted by Gasteiger charge is 2.35. The molecule has 0 saturated carbocycles. The molecule has 0 bridgehead atoms. The molecule has 1 aromatic rings. The van der Waals surface area contributed by atoms with Gasteiger partial charge >= 0.3 is 0 Å². The van der Waals surface area contributed by atoms with Gasteiger partial charge in [-0.15, -0.1) is 0 Å². The van der Waals surface area contributed by atoms with Crippen LogP contribution in [0.25, 0.3) is 0 Å². The number of hydrogen-bond donors (Lipinski definition) is 0. The van der Waals surface area contributed by atoms with E-state index < -0.39 is 0 Å². The van der Waals surface area contributed by atoms with Crippen LogP contribution in [0.5, 0.6) is 0 Å². The molecule has 0 radical (unpaired) electrons. The maximum atomic E-state index is 11.6. The second-order valence-electron chi connectivity index (χ2n) is 4.71. The first-order valence-electron chi connectivity index (χ1n) is 6.04. The van der Waals surface area contributed by atoms with Crippen molar-refractivity contribution < 1.29 is 4.79 Å². The second kappa shape index (κ2) is 4.33. The summed E-state index contributed by atoms with van der Waals surface area (Å²) in [6.07, 6.45) is 1.75. The highest BCUT2D eigenvalue weighted by atomic mass is 79.9. The predicted octanol–water partition coefficient (Wildman–Crippen LogP) is 2.26. The van der Waals surface area contributed by atoms with Gasteiger partial charge < -0.3 is 9.80 Å². The van der Waals surface area contributed by atoms with E-state index >= 15 is 0 Å². The normalized spacial score (nSPS) is 24.1. The molecule has 3 nitrogen and oxygen atoms in total. The summed E-state index contributed by atoms with van der Waals surface area (Å²) in [5.41, 5.74) is 1.25. The van der Waals surface area contributed by atoms with Gasteiger partial charge in [0, 0.05) is 42.3 Å². The molecular formula is C13H15BrN2O. The van der Waals surface area contributed by atoms with Gasteiger partial charge in [0.2, 0.25) is 5.91 Å². The summed E-state index contributed by atoms with van der Waals surface area (Å²) in [6, 6.07) is 8.81. The molecule has 2 aliphatic heterocycles. The zero-order valence-electron chi connectivity index (χ0n) is 9.60. The van der Waals surface area contributed by atoms with E-state index in [1.807, 2.05) is 6.07 Å². The van der Waals surface area contributed by atoms with Crippen LogP contribution >= 0.6 is 15.9 Å². The second-order valence-corrected chi connectivity index (χ2v) is 5.62. The number of anilines is 1. The minimum atomic E-state index is 0.337. The molecule has 2 heterocycles. The van der Waals surface area contributed by atoms with Crippen molar-refractivity contribution in [2.45, 2.75) is 18.9 Å². The smallest absolute Gasteiger partial charge is 0.223 e. The van der Waals surface area contributed by atoms with E-state index in [-0.39, 0.29) is 0 Å². The van der Waals surface area contributed by atoms with E-state index in [0.717, 1.165) is 36.9 Å². The molecule has 1 amide bonds. The van der Waals surface area contributed by atoms with Crippen LogP contribution in [0.2, 0.25) is 0 Å². The third-order valence-electron chi connectivity index (χ3n) is 3.67. The number of piperazine rings is 1. The molecule has 90 valence electrons. The first-order chi connectivity index (χ1) is 8.24. The summed E-state index contributed by atoms with van der Waals surface area (Å²) >= 11 is 3.50. The largest absolute Gasteiger partial charge is 0.368 e. The van der Waals surface area contributed by atoms with Gasteiger partial charge in [-0.05, 0) is 24.6 Å². The summed E-state index contributed by atoms with van der Waals surface area (Å²) in [4.78, 5) is 16.0. The van der Waals surface area contributed by atoms with Crippen molar-refractivity contribution >= 4 is 27.5 Å². The van der Waals surface area contributed by atoms with Gasteiger partial charge in [-0.1, -0.05) is 22.0 Å². The summed E-state index contributed by atoms with van der Waals surface area (Å²) in [5, 5.41) is 0. The molecule has 0 aliphatic carbocycles. The predicted molar refractivity (Wildman–Crippen MR) is 71.1 cm³/mol. The van der Waals surface area contributed by atoms with Gasteiger partial charge in [0.05, 0.1) is 0 Å². The molecule has 1 unspecified atom stereocenters. The number of nitrogens with zero attached hydrogens (tertiary/aromatic N) is 2. The molecule has 17 heavy (non-hydrogen) atoms. The molecule has 0 spiro atoms. The van der Waals surface area contributed by atoms with Crippen LogP contribution in [0.3, 0.4) is 0 Å². The molecule has 1 atom stereocenters. The molecule has 2 aliphatic rings. The Morgan fingerprint density at radius 1 is 1.29 bits per heavy atom.